The lowest BCUT2D eigenvalue weighted by atomic mass is 9.91. The monoisotopic (exact) mass is 231 g/mol. The van der Waals surface area contributed by atoms with Gasteiger partial charge in [-0.25, -0.2) is 4.79 Å². The van der Waals surface area contributed by atoms with Crippen molar-refractivity contribution in [2.24, 2.45) is 0 Å². The highest BCUT2D eigenvalue weighted by Gasteiger charge is 2.44. The number of carbonyl (C=O) groups excluding carboxylic acids is 1. The number of para-hydroxylation sites is 1. The first-order valence-corrected chi connectivity index (χ1v) is 5.60. The van der Waals surface area contributed by atoms with Gasteiger partial charge in [0.05, 0.1) is 6.07 Å². The van der Waals surface area contributed by atoms with E-state index in [1.807, 2.05) is 24.3 Å². The van der Waals surface area contributed by atoms with E-state index in [1.165, 1.54) is 0 Å². The summed E-state index contributed by atoms with van der Waals surface area (Å²) in [6.45, 7) is 0. The first-order valence-electron chi connectivity index (χ1n) is 5.60. The van der Waals surface area contributed by atoms with Gasteiger partial charge in [0, 0.05) is 12.0 Å². The van der Waals surface area contributed by atoms with Crippen molar-refractivity contribution in [2.45, 2.75) is 18.8 Å². The average Bonchev–Trinajstić information content (AvgIpc) is 2.29. The summed E-state index contributed by atoms with van der Waals surface area (Å²) in [6, 6.07) is 9.63. The zero-order chi connectivity index (χ0) is 12.5. The fourth-order valence-electron chi connectivity index (χ4n) is 2.14. The van der Waals surface area contributed by atoms with Crippen molar-refractivity contribution < 1.29 is 14.3 Å². The van der Waals surface area contributed by atoms with E-state index in [0.717, 1.165) is 11.3 Å². The minimum Gasteiger partial charge on any atom is -0.308 e. The average molecular weight is 231 g/mol. The minimum absolute atomic E-state index is 0.000972. The summed E-state index contributed by atoms with van der Waals surface area (Å²) in [4.78, 5) is 17.9. The first-order chi connectivity index (χ1) is 8.06. The predicted octanol–water partition coefficient (Wildman–Crippen LogP) is 1.98. The first kappa shape index (κ1) is 11.6. The van der Waals surface area contributed by atoms with Crippen LogP contribution in [-0.4, -0.2) is 24.6 Å². The van der Waals surface area contributed by atoms with Crippen molar-refractivity contribution in [2.75, 3.05) is 14.1 Å². The third kappa shape index (κ3) is 2.02. The molecule has 1 unspecified atom stereocenters. The molecule has 1 aliphatic rings. The molecule has 1 aliphatic heterocycles. The quantitative estimate of drug-likeness (QED) is 0.731. The molecule has 0 fully saturated rings. The van der Waals surface area contributed by atoms with Gasteiger partial charge in [0.15, 0.2) is 5.75 Å². The van der Waals surface area contributed by atoms with E-state index in [9.17, 15) is 4.79 Å². The molecule has 2 rings (SSSR count). The number of hydrogen-bond acceptors (Lipinski definition) is 3. The molecule has 1 aromatic carbocycles. The number of benzene rings is 1. The second-order valence-corrected chi connectivity index (χ2v) is 4.57. The molecule has 1 heterocycles. The summed E-state index contributed by atoms with van der Waals surface area (Å²) in [7, 11) is 3.44. The molecular formula is C13H15N2O2+. The molecule has 17 heavy (non-hydrogen) atoms. The van der Waals surface area contributed by atoms with Crippen molar-refractivity contribution in [1.82, 2.24) is 0 Å². The van der Waals surface area contributed by atoms with Crippen LogP contribution < -0.4 is 4.84 Å². The topological polar surface area (TPSA) is 50.1 Å². The molecule has 0 saturated heterocycles. The Morgan fingerprint density at radius 2 is 2.12 bits per heavy atom. The molecule has 0 spiro atoms. The zero-order valence-corrected chi connectivity index (χ0v) is 10.0. The zero-order valence-electron chi connectivity index (χ0n) is 10.0. The molecule has 0 saturated carbocycles. The van der Waals surface area contributed by atoms with Gasteiger partial charge in [0.1, 0.15) is 20.0 Å². The number of likely N-dealkylation sites (N-methyl/N-ethyl adjacent to an activating group) is 1. The van der Waals surface area contributed by atoms with E-state index in [1.54, 1.807) is 14.1 Å². The van der Waals surface area contributed by atoms with Crippen LogP contribution >= 0.6 is 0 Å². The summed E-state index contributed by atoms with van der Waals surface area (Å²) in [5.74, 6) is 0.494. The van der Waals surface area contributed by atoms with Crippen molar-refractivity contribution in [3.63, 3.8) is 0 Å². The number of quaternary nitrogens is 1. The Morgan fingerprint density at radius 1 is 1.41 bits per heavy atom. The van der Waals surface area contributed by atoms with Crippen LogP contribution in [0.4, 0.5) is 0 Å². The third-order valence-corrected chi connectivity index (χ3v) is 2.99. The summed E-state index contributed by atoms with van der Waals surface area (Å²) in [5, 5.41) is 8.66. The van der Waals surface area contributed by atoms with E-state index >= 15 is 0 Å². The van der Waals surface area contributed by atoms with Crippen LogP contribution in [0.15, 0.2) is 24.3 Å². The number of fused-ring (bicyclic) bond motifs is 1. The van der Waals surface area contributed by atoms with E-state index in [4.69, 9.17) is 10.1 Å². The van der Waals surface area contributed by atoms with E-state index in [0.29, 0.717) is 12.8 Å². The highest BCUT2D eigenvalue weighted by molar-refractivity contribution is 5.79. The summed E-state index contributed by atoms with van der Waals surface area (Å²) < 4.78 is -0.118. The lowest BCUT2D eigenvalue weighted by Gasteiger charge is -2.34. The van der Waals surface area contributed by atoms with E-state index in [2.05, 4.69) is 6.07 Å². The van der Waals surface area contributed by atoms with Gasteiger partial charge in [0.25, 0.3) is 0 Å². The van der Waals surface area contributed by atoms with Crippen LogP contribution in [0.1, 0.15) is 24.3 Å². The number of rotatable bonds is 2. The molecule has 4 heteroatoms. The number of nitriles is 1. The van der Waals surface area contributed by atoms with Crippen molar-refractivity contribution in [1.29, 1.82) is 5.26 Å². The van der Waals surface area contributed by atoms with Crippen molar-refractivity contribution >= 4 is 5.91 Å². The number of hydroxylamine groups is 3. The maximum atomic E-state index is 12.3. The van der Waals surface area contributed by atoms with Crippen LogP contribution in [0.3, 0.4) is 0 Å². The Bertz CT molecular complexity index is 488. The lowest BCUT2D eigenvalue weighted by molar-refractivity contribution is -0.985. The summed E-state index contributed by atoms with van der Waals surface area (Å²) >= 11 is 0. The fraction of sp³-hybridized carbons (Fsp3) is 0.385. The fourth-order valence-corrected chi connectivity index (χ4v) is 2.14. The van der Waals surface area contributed by atoms with Gasteiger partial charge in [-0.15, -0.1) is 0 Å². The Kier molecular flexibility index (Phi) is 2.86. The summed E-state index contributed by atoms with van der Waals surface area (Å²) in [6.07, 6.45) is 0.933. The molecule has 0 aromatic heterocycles. The maximum Gasteiger partial charge on any atom is 0.361 e. The third-order valence-electron chi connectivity index (χ3n) is 2.99. The number of amides is 1. The van der Waals surface area contributed by atoms with Gasteiger partial charge in [-0.1, -0.05) is 22.8 Å². The number of carbonyl (C=O) groups is 1. The van der Waals surface area contributed by atoms with Gasteiger partial charge in [-0.05, 0) is 12.5 Å². The highest BCUT2D eigenvalue weighted by atomic mass is 16.7. The molecular weight excluding hydrogens is 216 g/mol. The van der Waals surface area contributed by atoms with Crippen LogP contribution in [0, 0.1) is 11.3 Å². The van der Waals surface area contributed by atoms with Crippen LogP contribution in [-0.2, 0) is 4.79 Å². The Balaban J connectivity index is 2.42. The van der Waals surface area contributed by atoms with Gasteiger partial charge >= 0.3 is 5.91 Å². The van der Waals surface area contributed by atoms with Crippen molar-refractivity contribution in [3.05, 3.63) is 29.8 Å². The van der Waals surface area contributed by atoms with Gasteiger partial charge in [-0.2, -0.15) is 5.26 Å². The maximum absolute atomic E-state index is 12.3. The van der Waals surface area contributed by atoms with Gasteiger partial charge in [-0.3, -0.25) is 0 Å². The van der Waals surface area contributed by atoms with Crippen LogP contribution in [0.5, 0.6) is 5.75 Å². The summed E-state index contributed by atoms with van der Waals surface area (Å²) in [5.41, 5.74) is 0.894. The smallest absolute Gasteiger partial charge is 0.308 e. The Morgan fingerprint density at radius 3 is 2.82 bits per heavy atom. The predicted molar refractivity (Wildman–Crippen MR) is 61.8 cm³/mol. The normalized spacial score (nSPS) is 21.2. The second-order valence-electron chi connectivity index (χ2n) is 4.57. The van der Waals surface area contributed by atoms with Crippen LogP contribution in [0.25, 0.3) is 0 Å². The Labute approximate surface area is 101 Å². The SMILES string of the molecule is C[N+]1(C)Oc2ccccc2C(CCC#N)C1=O. The second kappa shape index (κ2) is 4.19. The van der Waals surface area contributed by atoms with Crippen molar-refractivity contribution in [3.8, 4) is 11.8 Å². The molecule has 4 nitrogen and oxygen atoms in total. The Hall–Kier alpha value is -1.86. The molecule has 1 amide bonds. The highest BCUT2D eigenvalue weighted by Crippen LogP contribution is 2.37. The molecule has 0 bridgehead atoms. The lowest BCUT2D eigenvalue weighted by Crippen LogP contribution is -2.53. The standard InChI is InChI=1S/C13H15N2O2/c1-15(2)13(16)11(7-5-9-14)10-6-3-4-8-12(10)17-15/h3-4,6,8,11H,5,7H2,1-2H3/q+1. The molecule has 1 aromatic rings. The molecule has 0 radical (unpaired) electrons. The molecule has 88 valence electrons. The molecule has 0 N–H and O–H groups in total. The molecule has 0 aliphatic carbocycles. The van der Waals surface area contributed by atoms with Gasteiger partial charge in [0.2, 0.25) is 0 Å². The largest absolute Gasteiger partial charge is 0.361 e. The molecule has 1 atom stereocenters. The minimum atomic E-state index is -0.241. The van der Waals surface area contributed by atoms with E-state index < -0.39 is 0 Å². The van der Waals surface area contributed by atoms with Crippen LogP contribution in [0.2, 0.25) is 0 Å². The van der Waals surface area contributed by atoms with Gasteiger partial charge < -0.3 is 4.84 Å². The number of nitrogens with zero attached hydrogens (tertiary/aromatic N) is 2. The number of hydrogen-bond donors (Lipinski definition) is 0. The van der Waals surface area contributed by atoms with E-state index in [-0.39, 0.29) is 16.5 Å².